The average Bonchev–Trinajstić information content (AvgIpc) is 2.73. The number of methoxy groups -OCH3 is 1. The van der Waals surface area contributed by atoms with E-state index in [1.54, 1.807) is 24.3 Å². The van der Waals surface area contributed by atoms with Crippen LogP contribution in [0, 0.1) is 0 Å². The van der Waals surface area contributed by atoms with E-state index in [1.807, 2.05) is 30.5 Å². The Kier molecular flexibility index (Phi) is 6.85. The van der Waals surface area contributed by atoms with Crippen LogP contribution in [-0.4, -0.2) is 37.9 Å². The van der Waals surface area contributed by atoms with Crippen LogP contribution in [0.4, 0.5) is 0 Å². The minimum Gasteiger partial charge on any atom is -0.497 e. The highest BCUT2D eigenvalue weighted by atomic mass is 35.7. The molecule has 0 saturated carbocycles. The van der Waals surface area contributed by atoms with Crippen molar-refractivity contribution in [3.8, 4) is 5.75 Å². The van der Waals surface area contributed by atoms with Gasteiger partial charge in [0.1, 0.15) is 10.6 Å². The molecule has 0 atom stereocenters. The number of pyridine rings is 1. The zero-order valence-corrected chi connectivity index (χ0v) is 18.8. The van der Waals surface area contributed by atoms with Crippen molar-refractivity contribution in [3.05, 3.63) is 64.9 Å². The summed E-state index contributed by atoms with van der Waals surface area (Å²) < 4.78 is 27.8. The lowest BCUT2D eigenvalue weighted by molar-refractivity contribution is -0.129. The third-order valence-electron chi connectivity index (χ3n) is 4.86. The number of ether oxygens (including phenoxy) is 1. The van der Waals surface area contributed by atoms with Gasteiger partial charge in [0, 0.05) is 48.5 Å². The van der Waals surface area contributed by atoms with Crippen molar-refractivity contribution >= 4 is 48.0 Å². The van der Waals surface area contributed by atoms with Gasteiger partial charge in [0.2, 0.25) is 5.91 Å². The van der Waals surface area contributed by atoms with Gasteiger partial charge in [-0.3, -0.25) is 9.78 Å². The molecular formula is C21H20Cl2N2O4S. The van der Waals surface area contributed by atoms with Gasteiger partial charge in [0.25, 0.3) is 9.05 Å². The number of amides is 1. The SMILES string of the molecule is CC(=O)N1CCc2ccc(S(=O)(=O)Cl)c(Cl)c2C1.COc1ccc2ccncc2c1. The minimum absolute atomic E-state index is 0.0594. The zero-order valence-electron chi connectivity index (χ0n) is 16.4. The molecule has 2 heterocycles. The van der Waals surface area contributed by atoms with Crippen molar-refractivity contribution in [1.29, 1.82) is 0 Å². The van der Waals surface area contributed by atoms with E-state index in [0.29, 0.717) is 25.1 Å². The molecule has 0 radical (unpaired) electrons. The third kappa shape index (κ3) is 5.03. The second-order valence-electron chi connectivity index (χ2n) is 6.73. The van der Waals surface area contributed by atoms with Crippen molar-refractivity contribution in [1.82, 2.24) is 9.88 Å². The minimum atomic E-state index is -3.87. The van der Waals surface area contributed by atoms with Crippen LogP contribution in [0.5, 0.6) is 5.75 Å². The highest BCUT2D eigenvalue weighted by Crippen LogP contribution is 2.33. The first-order chi connectivity index (χ1) is 14.2. The highest BCUT2D eigenvalue weighted by Gasteiger charge is 2.25. The van der Waals surface area contributed by atoms with Crippen LogP contribution in [0.25, 0.3) is 10.8 Å². The lowest BCUT2D eigenvalue weighted by atomic mass is 10.00. The molecule has 1 amide bonds. The van der Waals surface area contributed by atoms with Crippen LogP contribution in [0.1, 0.15) is 18.1 Å². The largest absolute Gasteiger partial charge is 0.497 e. The Labute approximate surface area is 184 Å². The molecule has 30 heavy (non-hydrogen) atoms. The van der Waals surface area contributed by atoms with Gasteiger partial charge in [-0.25, -0.2) is 8.42 Å². The van der Waals surface area contributed by atoms with Crippen LogP contribution in [-0.2, 0) is 26.8 Å². The van der Waals surface area contributed by atoms with Gasteiger partial charge in [-0.05, 0) is 47.2 Å². The standard InChI is InChI=1S/C11H11Cl2NO3S.C10H9NO/c1-7(15)14-5-4-8-2-3-10(18(13,16)17)11(12)9(8)6-14;1-12-10-3-2-8-4-5-11-7-9(8)6-10/h2-3H,4-6H2,1H3;2-7H,1H3. The molecular weight excluding hydrogens is 447 g/mol. The Balaban J connectivity index is 0.000000184. The lowest BCUT2D eigenvalue weighted by Crippen LogP contribution is -2.34. The maximum Gasteiger partial charge on any atom is 0.262 e. The number of carbonyl (C=O) groups excluding carboxylic acids is 1. The van der Waals surface area contributed by atoms with Gasteiger partial charge in [-0.1, -0.05) is 23.7 Å². The van der Waals surface area contributed by atoms with E-state index >= 15 is 0 Å². The number of nitrogens with zero attached hydrogens (tertiary/aromatic N) is 2. The fourth-order valence-electron chi connectivity index (χ4n) is 3.22. The molecule has 0 fully saturated rings. The molecule has 1 aliphatic heterocycles. The van der Waals surface area contributed by atoms with Crippen molar-refractivity contribution in [2.24, 2.45) is 0 Å². The first-order valence-corrected chi connectivity index (χ1v) is 11.8. The Hall–Kier alpha value is -2.35. The van der Waals surface area contributed by atoms with Crippen molar-refractivity contribution < 1.29 is 17.9 Å². The summed E-state index contributed by atoms with van der Waals surface area (Å²) in [6.45, 7) is 2.41. The molecule has 0 aliphatic carbocycles. The summed E-state index contributed by atoms with van der Waals surface area (Å²) in [6.07, 6.45) is 4.28. The molecule has 1 aliphatic rings. The van der Waals surface area contributed by atoms with Crippen molar-refractivity contribution in [2.45, 2.75) is 24.8 Å². The molecule has 9 heteroatoms. The number of aromatic nitrogens is 1. The highest BCUT2D eigenvalue weighted by molar-refractivity contribution is 8.13. The summed E-state index contributed by atoms with van der Waals surface area (Å²) in [4.78, 5) is 16.9. The smallest absolute Gasteiger partial charge is 0.262 e. The molecule has 4 rings (SSSR count). The van der Waals surface area contributed by atoms with Gasteiger partial charge in [0.15, 0.2) is 0 Å². The van der Waals surface area contributed by atoms with Crippen molar-refractivity contribution in [3.63, 3.8) is 0 Å². The normalized spacial score (nSPS) is 13.3. The second kappa shape index (κ2) is 9.20. The molecule has 158 valence electrons. The van der Waals surface area contributed by atoms with E-state index in [4.69, 9.17) is 27.0 Å². The number of hydrogen-bond donors (Lipinski definition) is 0. The number of halogens is 2. The maximum absolute atomic E-state index is 11.4. The van der Waals surface area contributed by atoms with E-state index in [0.717, 1.165) is 16.7 Å². The van der Waals surface area contributed by atoms with Crippen LogP contribution in [0.15, 0.2) is 53.7 Å². The Morgan fingerprint density at radius 2 is 1.93 bits per heavy atom. The first-order valence-electron chi connectivity index (χ1n) is 9.09. The number of hydrogen-bond acceptors (Lipinski definition) is 5. The number of benzene rings is 2. The Morgan fingerprint density at radius 3 is 2.60 bits per heavy atom. The number of carbonyl (C=O) groups is 1. The van der Waals surface area contributed by atoms with E-state index in [9.17, 15) is 13.2 Å². The molecule has 2 aromatic carbocycles. The topological polar surface area (TPSA) is 76.6 Å². The molecule has 6 nitrogen and oxygen atoms in total. The quantitative estimate of drug-likeness (QED) is 0.522. The van der Waals surface area contributed by atoms with Crippen LogP contribution >= 0.6 is 22.3 Å². The molecule has 0 N–H and O–H groups in total. The molecule has 0 saturated heterocycles. The Morgan fingerprint density at radius 1 is 1.17 bits per heavy atom. The lowest BCUT2D eigenvalue weighted by Gasteiger charge is -2.29. The summed E-state index contributed by atoms with van der Waals surface area (Å²) >= 11 is 6.08. The van der Waals surface area contributed by atoms with Crippen LogP contribution in [0.3, 0.4) is 0 Å². The predicted molar refractivity (Wildman–Crippen MR) is 118 cm³/mol. The fraction of sp³-hybridized carbons (Fsp3) is 0.238. The first kappa shape index (κ1) is 22.3. The van der Waals surface area contributed by atoms with Crippen molar-refractivity contribution in [2.75, 3.05) is 13.7 Å². The van der Waals surface area contributed by atoms with Gasteiger partial charge in [-0.2, -0.15) is 0 Å². The zero-order chi connectivity index (χ0) is 21.9. The van der Waals surface area contributed by atoms with Gasteiger partial charge < -0.3 is 9.64 Å². The molecule has 0 unspecified atom stereocenters. The second-order valence-corrected chi connectivity index (χ2v) is 9.64. The van der Waals surface area contributed by atoms with E-state index in [1.165, 1.54) is 18.4 Å². The van der Waals surface area contributed by atoms with Gasteiger partial charge in [-0.15, -0.1) is 0 Å². The molecule has 1 aromatic heterocycles. The molecule has 3 aromatic rings. The third-order valence-corrected chi connectivity index (χ3v) is 6.77. The summed E-state index contributed by atoms with van der Waals surface area (Å²) in [5.41, 5.74) is 1.63. The van der Waals surface area contributed by atoms with E-state index < -0.39 is 9.05 Å². The predicted octanol–water partition coefficient (Wildman–Crippen LogP) is 4.42. The average molecular weight is 467 g/mol. The summed E-state index contributed by atoms with van der Waals surface area (Å²) in [7, 11) is 3.11. The van der Waals surface area contributed by atoms with Crippen LogP contribution < -0.4 is 4.74 Å². The summed E-state index contributed by atoms with van der Waals surface area (Å²) in [6, 6.07) is 11.0. The summed E-state index contributed by atoms with van der Waals surface area (Å²) in [5.74, 6) is 0.811. The summed E-state index contributed by atoms with van der Waals surface area (Å²) in [5, 5.41) is 2.41. The van der Waals surface area contributed by atoms with E-state index in [-0.39, 0.29) is 15.8 Å². The van der Waals surface area contributed by atoms with Crippen LogP contribution in [0.2, 0.25) is 5.02 Å². The Bertz CT molecular complexity index is 1200. The number of fused-ring (bicyclic) bond motifs is 2. The fourth-order valence-corrected chi connectivity index (χ4v) is 4.84. The maximum atomic E-state index is 11.4. The molecule has 0 bridgehead atoms. The number of rotatable bonds is 2. The molecule has 0 spiro atoms. The van der Waals surface area contributed by atoms with E-state index in [2.05, 4.69) is 4.98 Å². The monoisotopic (exact) mass is 466 g/mol. The van der Waals surface area contributed by atoms with Gasteiger partial charge in [0.05, 0.1) is 12.1 Å². The van der Waals surface area contributed by atoms with Gasteiger partial charge >= 0.3 is 0 Å².